The van der Waals surface area contributed by atoms with E-state index in [4.69, 9.17) is 5.26 Å². The Morgan fingerprint density at radius 3 is 2.54 bits per heavy atom. The van der Waals surface area contributed by atoms with Gasteiger partial charge in [0.05, 0.1) is 17.7 Å². The van der Waals surface area contributed by atoms with Gasteiger partial charge in [-0.25, -0.2) is 0 Å². The van der Waals surface area contributed by atoms with Crippen molar-refractivity contribution in [3.05, 3.63) is 59.7 Å². The van der Waals surface area contributed by atoms with Gasteiger partial charge in [-0.2, -0.15) is 5.26 Å². The Kier molecular flexibility index (Phi) is 5.55. The molecule has 0 aliphatic carbocycles. The molecule has 1 aliphatic heterocycles. The number of hydrogen-bond donors (Lipinski definition) is 1. The van der Waals surface area contributed by atoms with Crippen LogP contribution in [0.2, 0.25) is 0 Å². The molecule has 1 amide bonds. The van der Waals surface area contributed by atoms with Gasteiger partial charge in [0.15, 0.2) is 0 Å². The number of carbonyl (C=O) groups is 1. The molecule has 1 atom stereocenters. The second-order valence-electron chi connectivity index (χ2n) is 6.72. The van der Waals surface area contributed by atoms with Crippen molar-refractivity contribution in [1.82, 2.24) is 4.90 Å². The molecule has 0 spiro atoms. The zero-order valence-corrected chi connectivity index (χ0v) is 15.3. The van der Waals surface area contributed by atoms with Crippen molar-refractivity contribution < 1.29 is 4.79 Å². The molecular weight excluding hydrogens is 324 g/mol. The lowest BCUT2D eigenvalue weighted by Gasteiger charge is -2.38. The summed E-state index contributed by atoms with van der Waals surface area (Å²) in [6.07, 6.45) is 0. The standard InChI is InChI=1S/C21H24N4O/c1-16-5-3-8-20(13-16)25-11-9-24(10-12-25)17(2)21(26)23-19-7-4-6-18(14-19)15-22/h3-8,13-14,17H,9-12H2,1-2H3,(H,23,26). The minimum atomic E-state index is -0.208. The first-order chi connectivity index (χ1) is 12.6. The van der Waals surface area contributed by atoms with E-state index in [0.717, 1.165) is 26.2 Å². The van der Waals surface area contributed by atoms with E-state index in [2.05, 4.69) is 52.4 Å². The molecule has 1 saturated heterocycles. The third-order valence-electron chi connectivity index (χ3n) is 4.87. The quantitative estimate of drug-likeness (QED) is 0.923. The molecule has 5 heteroatoms. The van der Waals surface area contributed by atoms with Gasteiger partial charge in [0.1, 0.15) is 0 Å². The minimum Gasteiger partial charge on any atom is -0.369 e. The zero-order valence-electron chi connectivity index (χ0n) is 15.3. The number of amides is 1. The molecular formula is C21H24N4O. The molecule has 3 rings (SSSR count). The highest BCUT2D eigenvalue weighted by atomic mass is 16.2. The van der Waals surface area contributed by atoms with Gasteiger partial charge in [0, 0.05) is 37.6 Å². The van der Waals surface area contributed by atoms with Crippen LogP contribution in [0.1, 0.15) is 18.1 Å². The summed E-state index contributed by atoms with van der Waals surface area (Å²) in [5.41, 5.74) is 3.72. The minimum absolute atomic E-state index is 0.0379. The summed E-state index contributed by atoms with van der Waals surface area (Å²) in [5.74, 6) is -0.0379. The van der Waals surface area contributed by atoms with Gasteiger partial charge in [-0.3, -0.25) is 9.69 Å². The van der Waals surface area contributed by atoms with Gasteiger partial charge in [0.25, 0.3) is 0 Å². The van der Waals surface area contributed by atoms with Crippen LogP contribution in [0, 0.1) is 18.3 Å². The van der Waals surface area contributed by atoms with Gasteiger partial charge in [-0.05, 0) is 49.7 Å². The maximum absolute atomic E-state index is 12.6. The van der Waals surface area contributed by atoms with E-state index in [1.54, 1.807) is 24.3 Å². The summed E-state index contributed by atoms with van der Waals surface area (Å²) < 4.78 is 0. The molecule has 1 fully saturated rings. The highest BCUT2D eigenvalue weighted by molar-refractivity contribution is 5.94. The Hall–Kier alpha value is -2.84. The zero-order chi connectivity index (χ0) is 18.5. The second kappa shape index (κ2) is 8.03. The van der Waals surface area contributed by atoms with Crippen LogP contribution in [0.3, 0.4) is 0 Å². The van der Waals surface area contributed by atoms with E-state index in [9.17, 15) is 4.79 Å². The van der Waals surface area contributed by atoms with Crippen molar-refractivity contribution in [1.29, 1.82) is 5.26 Å². The number of rotatable bonds is 4. The fourth-order valence-electron chi connectivity index (χ4n) is 3.27. The van der Waals surface area contributed by atoms with Crippen LogP contribution in [0.5, 0.6) is 0 Å². The predicted octanol–water partition coefficient (Wildman–Crippen LogP) is 3.02. The molecule has 0 saturated carbocycles. The molecule has 0 radical (unpaired) electrons. The number of nitrogens with one attached hydrogen (secondary N) is 1. The molecule has 1 heterocycles. The molecule has 26 heavy (non-hydrogen) atoms. The molecule has 1 N–H and O–H groups in total. The number of nitriles is 1. The third kappa shape index (κ3) is 4.22. The van der Waals surface area contributed by atoms with Gasteiger partial charge in [-0.15, -0.1) is 0 Å². The van der Waals surface area contributed by atoms with E-state index >= 15 is 0 Å². The van der Waals surface area contributed by atoms with Crippen molar-refractivity contribution in [2.45, 2.75) is 19.9 Å². The summed E-state index contributed by atoms with van der Waals surface area (Å²) in [7, 11) is 0. The van der Waals surface area contributed by atoms with E-state index in [0.29, 0.717) is 11.3 Å². The van der Waals surface area contributed by atoms with Crippen LogP contribution in [-0.2, 0) is 4.79 Å². The number of aryl methyl sites for hydroxylation is 1. The third-order valence-corrected chi connectivity index (χ3v) is 4.87. The first-order valence-corrected chi connectivity index (χ1v) is 8.93. The van der Waals surface area contributed by atoms with Crippen molar-refractivity contribution in [3.8, 4) is 6.07 Å². The first kappa shape index (κ1) is 18.0. The summed E-state index contributed by atoms with van der Waals surface area (Å²) >= 11 is 0. The van der Waals surface area contributed by atoms with E-state index in [-0.39, 0.29) is 11.9 Å². The van der Waals surface area contributed by atoms with Gasteiger partial charge in [-0.1, -0.05) is 18.2 Å². The molecule has 2 aromatic carbocycles. The van der Waals surface area contributed by atoms with E-state index in [1.165, 1.54) is 11.3 Å². The Balaban J connectivity index is 1.56. The van der Waals surface area contributed by atoms with Crippen LogP contribution in [0.4, 0.5) is 11.4 Å². The topological polar surface area (TPSA) is 59.4 Å². The van der Waals surface area contributed by atoms with Gasteiger partial charge < -0.3 is 10.2 Å². The molecule has 1 aliphatic rings. The molecule has 2 aromatic rings. The monoisotopic (exact) mass is 348 g/mol. The molecule has 1 unspecified atom stereocenters. The van der Waals surface area contributed by atoms with Crippen LogP contribution < -0.4 is 10.2 Å². The van der Waals surface area contributed by atoms with Crippen molar-refractivity contribution >= 4 is 17.3 Å². The Morgan fingerprint density at radius 1 is 1.12 bits per heavy atom. The fourth-order valence-corrected chi connectivity index (χ4v) is 3.27. The van der Waals surface area contributed by atoms with Crippen molar-refractivity contribution in [3.63, 3.8) is 0 Å². The SMILES string of the molecule is Cc1cccc(N2CCN(C(C)C(=O)Nc3cccc(C#N)c3)CC2)c1. The summed E-state index contributed by atoms with van der Waals surface area (Å²) in [4.78, 5) is 17.1. The highest BCUT2D eigenvalue weighted by Crippen LogP contribution is 2.19. The molecule has 5 nitrogen and oxygen atoms in total. The average Bonchev–Trinajstić information content (AvgIpc) is 2.67. The van der Waals surface area contributed by atoms with Crippen LogP contribution >= 0.6 is 0 Å². The summed E-state index contributed by atoms with van der Waals surface area (Å²) in [5, 5.41) is 11.9. The summed E-state index contributed by atoms with van der Waals surface area (Å²) in [6, 6.07) is 17.4. The lowest BCUT2D eigenvalue weighted by atomic mass is 10.1. The molecule has 134 valence electrons. The van der Waals surface area contributed by atoms with Crippen LogP contribution in [0.15, 0.2) is 48.5 Å². The molecule has 0 aromatic heterocycles. The van der Waals surface area contributed by atoms with Crippen LogP contribution in [-0.4, -0.2) is 43.0 Å². The van der Waals surface area contributed by atoms with Gasteiger partial charge in [0.2, 0.25) is 5.91 Å². The van der Waals surface area contributed by atoms with Crippen molar-refractivity contribution in [2.75, 3.05) is 36.4 Å². The lowest BCUT2D eigenvalue weighted by Crippen LogP contribution is -2.52. The molecule has 0 bridgehead atoms. The number of anilines is 2. The second-order valence-corrected chi connectivity index (χ2v) is 6.72. The Bertz CT molecular complexity index is 819. The predicted molar refractivity (Wildman–Crippen MR) is 104 cm³/mol. The normalized spacial score (nSPS) is 16.0. The maximum Gasteiger partial charge on any atom is 0.241 e. The number of benzene rings is 2. The Morgan fingerprint density at radius 2 is 1.85 bits per heavy atom. The van der Waals surface area contributed by atoms with Gasteiger partial charge >= 0.3 is 0 Å². The smallest absolute Gasteiger partial charge is 0.241 e. The van der Waals surface area contributed by atoms with E-state index in [1.807, 2.05) is 6.92 Å². The van der Waals surface area contributed by atoms with Crippen molar-refractivity contribution in [2.24, 2.45) is 0 Å². The lowest BCUT2D eigenvalue weighted by molar-refractivity contribution is -0.120. The van der Waals surface area contributed by atoms with Crippen LogP contribution in [0.25, 0.3) is 0 Å². The average molecular weight is 348 g/mol. The number of piperazine rings is 1. The first-order valence-electron chi connectivity index (χ1n) is 8.93. The number of nitrogens with zero attached hydrogens (tertiary/aromatic N) is 3. The maximum atomic E-state index is 12.6. The largest absolute Gasteiger partial charge is 0.369 e. The highest BCUT2D eigenvalue weighted by Gasteiger charge is 2.25. The summed E-state index contributed by atoms with van der Waals surface area (Å²) in [6.45, 7) is 7.55. The fraction of sp³-hybridized carbons (Fsp3) is 0.333. The number of carbonyl (C=O) groups excluding carboxylic acids is 1. The Labute approximate surface area is 154 Å². The number of hydrogen-bond acceptors (Lipinski definition) is 4. The van der Waals surface area contributed by atoms with E-state index < -0.39 is 0 Å².